The molecule has 0 bridgehead atoms. The van der Waals surface area contributed by atoms with Crippen LogP contribution in [-0.2, 0) is 9.53 Å². The number of aliphatic hydroxyl groups excluding tert-OH is 1. The predicted molar refractivity (Wildman–Crippen MR) is 74.0 cm³/mol. The molecule has 4 heteroatoms. The van der Waals surface area contributed by atoms with Crippen LogP contribution in [0.15, 0.2) is 23.8 Å². The van der Waals surface area contributed by atoms with E-state index in [1.165, 1.54) is 0 Å². The lowest BCUT2D eigenvalue weighted by Gasteiger charge is -2.55. The number of carbonyl (C=O) groups is 1. The number of aliphatic hydroxyl groups is 1. The first-order valence-electron chi connectivity index (χ1n) is 7.62. The summed E-state index contributed by atoms with van der Waals surface area (Å²) in [5.74, 6) is -0.228. The Hall–Kier alpha value is -1.13. The summed E-state index contributed by atoms with van der Waals surface area (Å²) in [6.07, 6.45) is 9.43. The van der Waals surface area contributed by atoms with Gasteiger partial charge in [-0.1, -0.05) is 12.2 Å². The third-order valence-electron chi connectivity index (χ3n) is 5.92. The largest absolute Gasteiger partial charge is 0.454 e. The van der Waals surface area contributed by atoms with Gasteiger partial charge in [0.15, 0.2) is 0 Å². The average molecular weight is 275 g/mol. The molecule has 0 radical (unpaired) electrons. The zero-order chi connectivity index (χ0) is 14.0. The van der Waals surface area contributed by atoms with E-state index < -0.39 is 6.10 Å². The second-order valence-electron chi connectivity index (χ2n) is 6.64. The summed E-state index contributed by atoms with van der Waals surface area (Å²) in [5, 5.41) is 10.7. The van der Waals surface area contributed by atoms with Gasteiger partial charge in [-0.05, 0) is 51.8 Å². The van der Waals surface area contributed by atoms with Gasteiger partial charge in [0.2, 0.25) is 0 Å². The van der Waals surface area contributed by atoms with Gasteiger partial charge < -0.3 is 9.84 Å². The van der Waals surface area contributed by atoms with E-state index in [1.54, 1.807) is 6.92 Å². The van der Waals surface area contributed by atoms with Crippen LogP contribution in [0.25, 0.3) is 0 Å². The highest BCUT2D eigenvalue weighted by molar-refractivity contribution is 5.90. The SMILES string of the molecule is CC1=CC([C@]23CCCN4CCC[C@@]42C=CC3O)OC1=O. The van der Waals surface area contributed by atoms with Gasteiger partial charge in [-0.3, -0.25) is 4.90 Å². The van der Waals surface area contributed by atoms with Crippen LogP contribution in [0.5, 0.6) is 0 Å². The number of piperidine rings is 1. The van der Waals surface area contributed by atoms with Crippen molar-refractivity contribution < 1.29 is 14.6 Å². The summed E-state index contributed by atoms with van der Waals surface area (Å²) in [6.45, 7) is 3.97. The van der Waals surface area contributed by atoms with Gasteiger partial charge in [-0.15, -0.1) is 0 Å². The summed E-state index contributed by atoms with van der Waals surface area (Å²) in [5.41, 5.74) is 0.181. The smallest absolute Gasteiger partial charge is 0.334 e. The summed E-state index contributed by atoms with van der Waals surface area (Å²) in [7, 11) is 0. The van der Waals surface area contributed by atoms with Crippen molar-refractivity contribution in [3.8, 4) is 0 Å². The van der Waals surface area contributed by atoms with E-state index in [4.69, 9.17) is 4.74 Å². The Kier molecular flexibility index (Phi) is 2.49. The Morgan fingerprint density at radius 2 is 2.10 bits per heavy atom. The van der Waals surface area contributed by atoms with Gasteiger partial charge in [-0.25, -0.2) is 4.79 Å². The Bertz CT molecular complexity index is 526. The highest BCUT2D eigenvalue weighted by Gasteiger charge is 2.67. The van der Waals surface area contributed by atoms with Crippen molar-refractivity contribution in [1.82, 2.24) is 4.90 Å². The van der Waals surface area contributed by atoms with Crippen LogP contribution in [0.2, 0.25) is 0 Å². The number of carbonyl (C=O) groups excluding carboxylic acids is 1. The van der Waals surface area contributed by atoms with E-state index in [2.05, 4.69) is 11.0 Å². The van der Waals surface area contributed by atoms with E-state index in [0.717, 1.165) is 38.8 Å². The van der Waals surface area contributed by atoms with Crippen LogP contribution in [-0.4, -0.2) is 46.8 Å². The fourth-order valence-corrected chi connectivity index (χ4v) is 5.03. The maximum atomic E-state index is 11.8. The molecule has 3 aliphatic heterocycles. The first-order chi connectivity index (χ1) is 9.60. The predicted octanol–water partition coefficient (Wildman–Crippen LogP) is 1.40. The topological polar surface area (TPSA) is 49.8 Å². The number of ether oxygens (including phenoxy) is 1. The van der Waals surface area contributed by atoms with Crippen LogP contribution in [0.3, 0.4) is 0 Å². The molecule has 0 aromatic rings. The molecule has 2 fully saturated rings. The number of cyclic esters (lactones) is 1. The van der Waals surface area contributed by atoms with Gasteiger partial charge in [0.1, 0.15) is 6.10 Å². The van der Waals surface area contributed by atoms with Crippen LogP contribution < -0.4 is 0 Å². The molecular formula is C16H21NO3. The summed E-state index contributed by atoms with van der Waals surface area (Å²) < 4.78 is 5.63. The number of hydrogen-bond donors (Lipinski definition) is 1. The molecule has 108 valence electrons. The Labute approximate surface area is 119 Å². The summed E-state index contributed by atoms with van der Waals surface area (Å²) in [6, 6.07) is 0. The van der Waals surface area contributed by atoms with E-state index in [0.29, 0.717) is 5.57 Å². The minimum Gasteiger partial charge on any atom is -0.454 e. The van der Waals surface area contributed by atoms with Crippen LogP contribution >= 0.6 is 0 Å². The fourth-order valence-electron chi connectivity index (χ4n) is 5.03. The second kappa shape index (κ2) is 3.95. The van der Waals surface area contributed by atoms with Gasteiger partial charge in [0.05, 0.1) is 17.1 Å². The number of hydrogen-bond acceptors (Lipinski definition) is 4. The third kappa shape index (κ3) is 1.27. The minimum atomic E-state index is -0.525. The lowest BCUT2D eigenvalue weighted by molar-refractivity contribution is -0.162. The fraction of sp³-hybridized carbons (Fsp3) is 0.688. The van der Waals surface area contributed by atoms with Crippen LogP contribution in [0, 0.1) is 5.41 Å². The van der Waals surface area contributed by atoms with E-state index >= 15 is 0 Å². The Balaban J connectivity index is 1.83. The molecule has 4 aliphatic rings. The molecule has 4 rings (SSSR count). The molecule has 0 aromatic carbocycles. The number of esters is 1. The molecule has 0 amide bonds. The van der Waals surface area contributed by atoms with Crippen molar-refractivity contribution in [3.63, 3.8) is 0 Å². The zero-order valence-corrected chi connectivity index (χ0v) is 11.8. The van der Waals surface area contributed by atoms with Gasteiger partial charge in [-0.2, -0.15) is 0 Å². The standard InChI is InChI=1S/C16H21NO3/c1-11-10-13(20-14(11)19)16-6-3-9-17-8-2-5-15(16,17)7-4-12(16)18/h4,7,10,12-13,18H,2-3,5-6,8-9H2,1H3/t12?,13?,15-,16+/m0/s1. The lowest BCUT2D eigenvalue weighted by atomic mass is 9.60. The summed E-state index contributed by atoms with van der Waals surface area (Å²) >= 11 is 0. The van der Waals surface area contributed by atoms with Crippen molar-refractivity contribution in [2.45, 2.75) is 50.4 Å². The average Bonchev–Trinajstić information content (AvgIpc) is 3.07. The molecule has 20 heavy (non-hydrogen) atoms. The lowest BCUT2D eigenvalue weighted by Crippen LogP contribution is -2.65. The molecule has 0 saturated carbocycles. The summed E-state index contributed by atoms with van der Waals surface area (Å²) in [4.78, 5) is 14.3. The normalized spacial score (nSPS) is 47.1. The van der Waals surface area contributed by atoms with Crippen LogP contribution in [0.4, 0.5) is 0 Å². The Morgan fingerprint density at radius 1 is 1.35 bits per heavy atom. The highest BCUT2D eigenvalue weighted by Crippen LogP contribution is 2.59. The Morgan fingerprint density at radius 3 is 2.80 bits per heavy atom. The molecule has 4 nitrogen and oxygen atoms in total. The second-order valence-corrected chi connectivity index (χ2v) is 6.64. The molecule has 0 aromatic heterocycles. The van der Waals surface area contributed by atoms with Crippen LogP contribution in [0.1, 0.15) is 32.6 Å². The van der Waals surface area contributed by atoms with Crippen molar-refractivity contribution in [2.75, 3.05) is 13.1 Å². The molecule has 2 unspecified atom stereocenters. The van der Waals surface area contributed by atoms with Crippen molar-refractivity contribution in [1.29, 1.82) is 0 Å². The monoisotopic (exact) mass is 275 g/mol. The molecule has 2 saturated heterocycles. The highest BCUT2D eigenvalue weighted by atomic mass is 16.5. The van der Waals surface area contributed by atoms with Gasteiger partial charge in [0, 0.05) is 5.57 Å². The van der Waals surface area contributed by atoms with E-state index in [1.807, 2.05) is 12.2 Å². The van der Waals surface area contributed by atoms with Gasteiger partial charge >= 0.3 is 5.97 Å². The molecule has 4 atom stereocenters. The molecule has 3 heterocycles. The molecule has 1 aliphatic carbocycles. The van der Waals surface area contributed by atoms with Crippen molar-refractivity contribution >= 4 is 5.97 Å². The first kappa shape index (κ1) is 12.6. The molecule has 1 N–H and O–H groups in total. The number of nitrogens with zero attached hydrogens (tertiary/aromatic N) is 1. The van der Waals surface area contributed by atoms with E-state index in [9.17, 15) is 9.90 Å². The molecular weight excluding hydrogens is 254 g/mol. The maximum absolute atomic E-state index is 11.8. The van der Waals surface area contributed by atoms with E-state index in [-0.39, 0.29) is 23.0 Å². The molecule has 1 spiro atoms. The van der Waals surface area contributed by atoms with Crippen molar-refractivity contribution in [2.24, 2.45) is 5.41 Å². The van der Waals surface area contributed by atoms with Gasteiger partial charge in [0.25, 0.3) is 0 Å². The maximum Gasteiger partial charge on any atom is 0.334 e. The minimum absolute atomic E-state index is 0.114. The quantitative estimate of drug-likeness (QED) is 0.580. The zero-order valence-electron chi connectivity index (χ0n) is 11.8. The van der Waals surface area contributed by atoms with Crippen molar-refractivity contribution in [3.05, 3.63) is 23.8 Å². The number of rotatable bonds is 1. The first-order valence-corrected chi connectivity index (χ1v) is 7.62. The third-order valence-corrected chi connectivity index (χ3v) is 5.92.